The molecule has 0 amide bonds. The van der Waals surface area contributed by atoms with E-state index in [-0.39, 0.29) is 11.3 Å². The van der Waals surface area contributed by atoms with E-state index >= 15 is 0 Å². The average Bonchev–Trinajstić information content (AvgIpc) is 2.14. The third-order valence-electron chi connectivity index (χ3n) is 2.93. The molecular formula is C10H11FN2O2. The number of nitro benzene ring substituents is 1. The molecule has 1 aliphatic carbocycles. The highest BCUT2D eigenvalue weighted by atomic mass is 19.1. The highest BCUT2D eigenvalue weighted by Crippen LogP contribution is 2.43. The highest BCUT2D eigenvalue weighted by Gasteiger charge is 2.41. The Hall–Kier alpha value is -1.49. The lowest BCUT2D eigenvalue weighted by Gasteiger charge is -2.38. The van der Waals surface area contributed by atoms with Crippen molar-refractivity contribution in [2.75, 3.05) is 0 Å². The molecule has 0 radical (unpaired) electrons. The first-order valence-electron chi connectivity index (χ1n) is 4.77. The first-order valence-corrected chi connectivity index (χ1v) is 4.77. The van der Waals surface area contributed by atoms with E-state index in [9.17, 15) is 14.5 Å². The molecule has 0 aliphatic heterocycles. The van der Waals surface area contributed by atoms with E-state index in [4.69, 9.17) is 5.73 Å². The van der Waals surface area contributed by atoms with Crippen molar-refractivity contribution < 1.29 is 9.31 Å². The molecule has 80 valence electrons. The maximum Gasteiger partial charge on any atom is 0.277 e. The molecule has 2 N–H and O–H groups in total. The molecule has 0 heterocycles. The van der Waals surface area contributed by atoms with E-state index in [1.165, 1.54) is 18.2 Å². The van der Waals surface area contributed by atoms with Gasteiger partial charge in [0.25, 0.3) is 5.69 Å². The van der Waals surface area contributed by atoms with E-state index < -0.39 is 16.3 Å². The fourth-order valence-electron chi connectivity index (χ4n) is 1.97. The van der Waals surface area contributed by atoms with Gasteiger partial charge in [-0.25, -0.2) is 4.39 Å². The maximum absolute atomic E-state index is 13.5. The number of nitrogens with zero attached hydrogens (tertiary/aromatic N) is 1. The zero-order chi connectivity index (χ0) is 11.1. The Morgan fingerprint density at radius 1 is 1.47 bits per heavy atom. The van der Waals surface area contributed by atoms with Crippen LogP contribution < -0.4 is 5.73 Å². The van der Waals surface area contributed by atoms with Gasteiger partial charge in [-0.1, -0.05) is 6.07 Å². The summed E-state index contributed by atoms with van der Waals surface area (Å²) in [6.07, 6.45) is 2.10. The van der Waals surface area contributed by atoms with Gasteiger partial charge in [-0.15, -0.1) is 0 Å². The van der Waals surface area contributed by atoms with Gasteiger partial charge in [0.15, 0.2) is 0 Å². The van der Waals surface area contributed by atoms with E-state index in [0.717, 1.165) is 6.42 Å². The van der Waals surface area contributed by atoms with Gasteiger partial charge in [0.1, 0.15) is 5.82 Å². The molecule has 2 rings (SSSR count). The summed E-state index contributed by atoms with van der Waals surface area (Å²) in [7, 11) is 0. The lowest BCUT2D eigenvalue weighted by atomic mass is 9.72. The fraction of sp³-hybridized carbons (Fsp3) is 0.400. The van der Waals surface area contributed by atoms with Gasteiger partial charge < -0.3 is 5.73 Å². The van der Waals surface area contributed by atoms with Gasteiger partial charge in [0.05, 0.1) is 16.0 Å². The van der Waals surface area contributed by atoms with Crippen LogP contribution in [0, 0.1) is 15.9 Å². The zero-order valence-electron chi connectivity index (χ0n) is 8.07. The van der Waals surface area contributed by atoms with Crippen molar-refractivity contribution in [1.29, 1.82) is 0 Å². The van der Waals surface area contributed by atoms with E-state index in [1.807, 2.05) is 0 Å². The van der Waals surface area contributed by atoms with Gasteiger partial charge >= 0.3 is 0 Å². The van der Waals surface area contributed by atoms with Gasteiger partial charge in [0.2, 0.25) is 0 Å². The van der Waals surface area contributed by atoms with Crippen molar-refractivity contribution in [3.63, 3.8) is 0 Å². The minimum Gasteiger partial charge on any atom is -0.321 e. The topological polar surface area (TPSA) is 69.2 Å². The van der Waals surface area contributed by atoms with Crippen molar-refractivity contribution in [2.24, 2.45) is 5.73 Å². The number of hydrogen-bond donors (Lipinski definition) is 1. The minimum atomic E-state index is -0.840. The van der Waals surface area contributed by atoms with Crippen molar-refractivity contribution in [3.05, 3.63) is 39.7 Å². The molecule has 4 nitrogen and oxygen atoms in total. The molecule has 0 bridgehead atoms. The molecule has 1 fully saturated rings. The van der Waals surface area contributed by atoms with E-state index in [0.29, 0.717) is 12.8 Å². The first kappa shape index (κ1) is 10.0. The summed E-state index contributed by atoms with van der Waals surface area (Å²) >= 11 is 0. The summed E-state index contributed by atoms with van der Waals surface area (Å²) in [5.41, 5.74) is 4.93. The Kier molecular flexibility index (Phi) is 2.19. The number of hydrogen-bond acceptors (Lipinski definition) is 3. The third-order valence-corrected chi connectivity index (χ3v) is 2.93. The van der Waals surface area contributed by atoms with Crippen molar-refractivity contribution in [1.82, 2.24) is 0 Å². The molecule has 15 heavy (non-hydrogen) atoms. The quantitative estimate of drug-likeness (QED) is 0.600. The van der Waals surface area contributed by atoms with Crippen molar-refractivity contribution in [2.45, 2.75) is 24.8 Å². The van der Waals surface area contributed by atoms with Crippen LogP contribution in [0.5, 0.6) is 0 Å². The predicted molar refractivity (Wildman–Crippen MR) is 52.8 cm³/mol. The number of rotatable bonds is 2. The van der Waals surface area contributed by atoms with Gasteiger partial charge in [-0.2, -0.15) is 0 Å². The summed E-state index contributed by atoms with van der Waals surface area (Å²) in [4.78, 5) is 10.2. The van der Waals surface area contributed by atoms with Crippen LogP contribution in [0.4, 0.5) is 10.1 Å². The molecule has 1 saturated carbocycles. The molecule has 1 aliphatic rings. The Morgan fingerprint density at radius 3 is 2.60 bits per heavy atom. The summed E-state index contributed by atoms with van der Waals surface area (Å²) in [6, 6.07) is 3.85. The van der Waals surface area contributed by atoms with Crippen LogP contribution in [0.2, 0.25) is 0 Å². The third kappa shape index (κ3) is 1.48. The van der Waals surface area contributed by atoms with Crippen molar-refractivity contribution >= 4 is 5.69 Å². The van der Waals surface area contributed by atoms with Gasteiger partial charge in [-0.3, -0.25) is 10.1 Å². The van der Waals surface area contributed by atoms with E-state index in [1.54, 1.807) is 0 Å². The SMILES string of the molecule is NC1(c2c(F)cccc2[N+](=O)[O-])CCC1. The van der Waals surface area contributed by atoms with Gasteiger partial charge in [0, 0.05) is 6.07 Å². The molecule has 1 aromatic carbocycles. The zero-order valence-corrected chi connectivity index (χ0v) is 8.07. The fourth-order valence-corrected chi connectivity index (χ4v) is 1.97. The molecule has 0 atom stereocenters. The van der Waals surface area contributed by atoms with Crippen LogP contribution in [-0.4, -0.2) is 4.92 Å². The van der Waals surface area contributed by atoms with Crippen molar-refractivity contribution in [3.8, 4) is 0 Å². The number of halogens is 1. The Morgan fingerprint density at radius 2 is 2.13 bits per heavy atom. The summed E-state index contributed by atoms with van der Waals surface area (Å²) in [5.74, 6) is -0.577. The monoisotopic (exact) mass is 210 g/mol. The predicted octanol–water partition coefficient (Wildman–Crippen LogP) is 2.07. The lowest BCUT2D eigenvalue weighted by Crippen LogP contribution is -2.44. The highest BCUT2D eigenvalue weighted by molar-refractivity contribution is 5.46. The first-order chi connectivity index (χ1) is 7.04. The van der Waals surface area contributed by atoms with Crippen LogP contribution in [0.25, 0.3) is 0 Å². The van der Waals surface area contributed by atoms with Crippen LogP contribution in [0.3, 0.4) is 0 Å². The molecule has 1 aromatic rings. The normalized spacial score (nSPS) is 18.3. The van der Waals surface area contributed by atoms with Crippen LogP contribution in [0.1, 0.15) is 24.8 Å². The number of benzene rings is 1. The lowest BCUT2D eigenvalue weighted by molar-refractivity contribution is -0.386. The standard InChI is InChI=1S/C10H11FN2O2/c11-7-3-1-4-8(13(14)15)9(7)10(12)5-2-6-10/h1,3-4H,2,5-6,12H2. The largest absolute Gasteiger partial charge is 0.321 e. The molecule has 0 saturated heterocycles. The molecule has 0 spiro atoms. The average molecular weight is 210 g/mol. The number of nitrogens with two attached hydrogens (primary N) is 1. The van der Waals surface area contributed by atoms with Crippen LogP contribution in [-0.2, 0) is 5.54 Å². The maximum atomic E-state index is 13.5. The Bertz CT molecular complexity index is 416. The Balaban J connectivity index is 2.57. The van der Waals surface area contributed by atoms with Gasteiger partial charge in [-0.05, 0) is 25.3 Å². The second-order valence-corrected chi connectivity index (χ2v) is 3.90. The minimum absolute atomic E-state index is 0.0567. The second-order valence-electron chi connectivity index (χ2n) is 3.90. The molecule has 5 heteroatoms. The summed E-state index contributed by atoms with van der Waals surface area (Å²) < 4.78 is 13.5. The Labute approximate surface area is 86.0 Å². The van der Waals surface area contributed by atoms with E-state index in [2.05, 4.69) is 0 Å². The molecule has 0 aromatic heterocycles. The summed E-state index contributed by atoms with van der Waals surface area (Å²) in [6.45, 7) is 0. The number of nitro groups is 1. The molecular weight excluding hydrogens is 199 g/mol. The second kappa shape index (κ2) is 3.27. The van der Waals surface area contributed by atoms with Crippen LogP contribution >= 0.6 is 0 Å². The smallest absolute Gasteiger partial charge is 0.277 e. The molecule has 0 unspecified atom stereocenters. The van der Waals surface area contributed by atoms with Crippen LogP contribution in [0.15, 0.2) is 18.2 Å². The summed E-state index contributed by atoms with van der Waals surface area (Å²) in [5, 5.41) is 10.7.